The van der Waals surface area contributed by atoms with E-state index in [0.717, 1.165) is 29.1 Å². The summed E-state index contributed by atoms with van der Waals surface area (Å²) in [6.07, 6.45) is 3.14. The van der Waals surface area contributed by atoms with Crippen LogP contribution in [-0.2, 0) is 23.3 Å². The fraction of sp³-hybridized carbons (Fsp3) is 0.357. The van der Waals surface area contributed by atoms with Gasteiger partial charge in [-0.3, -0.25) is 0 Å². The second-order valence-electron chi connectivity index (χ2n) is 10.6. The fourth-order valence-corrected chi connectivity index (χ4v) is 5.77. The van der Waals surface area contributed by atoms with Crippen molar-refractivity contribution in [1.82, 2.24) is 19.7 Å². The summed E-state index contributed by atoms with van der Waals surface area (Å²) in [7, 11) is 0.399. The Kier molecular flexibility index (Phi) is 6.79. The van der Waals surface area contributed by atoms with Crippen molar-refractivity contribution in [3.05, 3.63) is 70.6 Å². The van der Waals surface area contributed by atoms with Crippen molar-refractivity contribution >= 4 is 30.7 Å². The molecule has 0 saturated heterocycles. The predicted octanol–water partition coefficient (Wildman–Crippen LogP) is 6.22. The molecule has 0 radical (unpaired) electrons. The monoisotopic (exact) mass is 531 g/mol. The first kappa shape index (κ1) is 25.4. The molecule has 0 aliphatic heterocycles. The first-order valence-electron chi connectivity index (χ1n) is 12.4. The molecule has 9 heteroatoms. The van der Waals surface area contributed by atoms with Crippen LogP contribution in [0.1, 0.15) is 23.2 Å². The molecule has 0 fully saturated rings. The van der Waals surface area contributed by atoms with Gasteiger partial charge < -0.3 is 9.47 Å². The van der Waals surface area contributed by atoms with Gasteiger partial charge in [-0.15, -0.1) is 0 Å². The van der Waals surface area contributed by atoms with E-state index in [4.69, 9.17) is 31.2 Å². The number of aryl methyl sites for hydroxylation is 1. The molecular weight excluding hydrogens is 502 g/mol. The van der Waals surface area contributed by atoms with E-state index in [1.807, 2.05) is 35.0 Å². The number of pyridine rings is 2. The van der Waals surface area contributed by atoms with Crippen molar-refractivity contribution < 1.29 is 9.47 Å². The van der Waals surface area contributed by atoms with Gasteiger partial charge in [-0.2, -0.15) is 10.4 Å². The number of methoxy groups -OCH3 is 1. The molecule has 0 saturated carbocycles. The lowest BCUT2D eigenvalue weighted by Gasteiger charge is -2.24. The highest BCUT2D eigenvalue weighted by atomic mass is 35.5. The number of nitrogens with zero attached hydrogens (tertiary/aromatic N) is 5. The van der Waals surface area contributed by atoms with Crippen molar-refractivity contribution in [1.29, 1.82) is 5.26 Å². The molecule has 3 heterocycles. The summed E-state index contributed by atoms with van der Waals surface area (Å²) in [6.45, 7) is 7.94. The summed E-state index contributed by atoms with van der Waals surface area (Å²) in [4.78, 5) is 9.37. The number of hydrogen-bond acceptors (Lipinski definition) is 6. The molecule has 190 valence electrons. The van der Waals surface area contributed by atoms with Gasteiger partial charge in [-0.05, 0) is 42.1 Å². The molecule has 0 bridgehead atoms. The summed E-state index contributed by atoms with van der Waals surface area (Å²) in [6, 6.07) is 17.3. The number of hydrogen-bond donors (Lipinski definition) is 0. The average molecular weight is 532 g/mol. The third-order valence-electron chi connectivity index (χ3n) is 6.96. The lowest BCUT2D eigenvalue weighted by atomic mass is 9.79. The highest BCUT2D eigenvalue weighted by molar-refractivity contribution is 6.76. The molecule has 1 atom stereocenters. The van der Waals surface area contributed by atoms with Crippen LogP contribution in [0.3, 0.4) is 0 Å². The maximum atomic E-state index is 10.5. The lowest BCUT2D eigenvalue weighted by molar-refractivity contribution is 0.0818. The summed E-state index contributed by atoms with van der Waals surface area (Å²) < 4.78 is 13.7. The van der Waals surface area contributed by atoms with Gasteiger partial charge in [-0.25, -0.2) is 14.6 Å². The molecule has 0 N–H and O–H groups in total. The van der Waals surface area contributed by atoms with Crippen LogP contribution in [0.4, 0.5) is 0 Å². The second kappa shape index (κ2) is 9.90. The van der Waals surface area contributed by atoms with E-state index in [2.05, 4.69) is 36.8 Å². The SMILES string of the molecule is COc1cc2c(nc1C1(C#N)CCc3ccccc31)c(-c1ccc(Cl)nc1)nn2COCC[Si](C)(C)C. The fourth-order valence-electron chi connectivity index (χ4n) is 4.90. The van der Waals surface area contributed by atoms with E-state index in [1.54, 1.807) is 19.4 Å². The van der Waals surface area contributed by atoms with E-state index in [-0.39, 0.29) is 0 Å². The standard InChI is InChI=1S/C28H30ClN5O2Si/c1-35-23-15-22-26(32-27(23)28(17-30)12-11-19-7-5-6-8-21(19)28)25(20-9-10-24(29)31-16-20)33-34(22)18-36-13-14-37(2,3)4/h5-10,15-16H,11-14,18H2,1-4H3. The van der Waals surface area contributed by atoms with Crippen molar-refractivity contribution in [3.63, 3.8) is 0 Å². The van der Waals surface area contributed by atoms with E-state index in [1.165, 1.54) is 5.56 Å². The highest BCUT2D eigenvalue weighted by Gasteiger charge is 2.44. The number of rotatable bonds is 8. The molecule has 1 aliphatic rings. The Bertz CT molecular complexity index is 1490. The zero-order valence-electron chi connectivity index (χ0n) is 21.6. The molecule has 4 aromatic rings. The van der Waals surface area contributed by atoms with Crippen molar-refractivity contribution in [2.45, 2.75) is 50.7 Å². The Morgan fingerprint density at radius 3 is 2.70 bits per heavy atom. The summed E-state index contributed by atoms with van der Waals surface area (Å²) in [5.74, 6) is 0.565. The maximum absolute atomic E-state index is 10.5. The molecule has 0 spiro atoms. The van der Waals surface area contributed by atoms with Crippen molar-refractivity contribution in [3.8, 4) is 23.1 Å². The number of nitriles is 1. The molecule has 1 aromatic carbocycles. The third kappa shape index (κ3) is 4.75. The minimum Gasteiger partial charge on any atom is -0.495 e. The molecule has 1 aliphatic carbocycles. The zero-order chi connectivity index (χ0) is 26.2. The first-order chi connectivity index (χ1) is 17.8. The van der Waals surface area contributed by atoms with Crippen LogP contribution >= 0.6 is 11.6 Å². The Balaban J connectivity index is 1.66. The van der Waals surface area contributed by atoms with Crippen LogP contribution in [-0.4, -0.2) is 41.5 Å². The quantitative estimate of drug-likeness (QED) is 0.152. The molecule has 3 aromatic heterocycles. The largest absolute Gasteiger partial charge is 0.495 e. The maximum Gasteiger partial charge on any atom is 0.144 e. The normalized spacial score (nSPS) is 17.1. The molecule has 7 nitrogen and oxygen atoms in total. The van der Waals surface area contributed by atoms with Crippen LogP contribution in [0.25, 0.3) is 22.3 Å². The first-order valence-corrected chi connectivity index (χ1v) is 16.5. The number of benzene rings is 1. The van der Waals surface area contributed by atoms with Gasteiger partial charge in [0.2, 0.25) is 0 Å². The van der Waals surface area contributed by atoms with Gasteiger partial charge in [-0.1, -0.05) is 55.5 Å². The lowest BCUT2D eigenvalue weighted by Crippen LogP contribution is -2.25. The minimum atomic E-state index is -1.22. The minimum absolute atomic E-state index is 0.290. The number of ether oxygens (including phenoxy) is 2. The number of aromatic nitrogens is 4. The number of halogens is 1. The van der Waals surface area contributed by atoms with Gasteiger partial charge in [0.05, 0.1) is 18.7 Å². The van der Waals surface area contributed by atoms with Crippen LogP contribution in [0, 0.1) is 11.3 Å². The Labute approximate surface area is 223 Å². The van der Waals surface area contributed by atoms with Crippen LogP contribution in [0.2, 0.25) is 30.8 Å². The highest BCUT2D eigenvalue weighted by Crippen LogP contribution is 2.47. The van der Waals surface area contributed by atoms with E-state index >= 15 is 0 Å². The average Bonchev–Trinajstić information content (AvgIpc) is 3.44. The molecule has 5 rings (SSSR count). The third-order valence-corrected chi connectivity index (χ3v) is 8.89. The Morgan fingerprint density at radius 1 is 1.19 bits per heavy atom. The van der Waals surface area contributed by atoms with Gasteiger partial charge in [0.25, 0.3) is 0 Å². The van der Waals surface area contributed by atoms with Crippen LogP contribution < -0.4 is 4.74 Å². The van der Waals surface area contributed by atoms with Crippen LogP contribution in [0.5, 0.6) is 5.75 Å². The summed E-state index contributed by atoms with van der Waals surface area (Å²) >= 11 is 6.06. The summed E-state index contributed by atoms with van der Waals surface area (Å²) in [5.41, 5.74) is 4.76. The molecule has 1 unspecified atom stereocenters. The molecular formula is C28H30ClN5O2Si. The van der Waals surface area contributed by atoms with Crippen molar-refractivity contribution in [2.75, 3.05) is 13.7 Å². The molecule has 37 heavy (non-hydrogen) atoms. The Hall–Kier alpha value is -3.25. The predicted molar refractivity (Wildman–Crippen MR) is 148 cm³/mol. The zero-order valence-corrected chi connectivity index (χ0v) is 23.3. The molecule has 0 amide bonds. The van der Waals surface area contributed by atoms with E-state index < -0.39 is 13.5 Å². The summed E-state index contributed by atoms with van der Waals surface area (Å²) in [5, 5.41) is 15.8. The second-order valence-corrected chi connectivity index (χ2v) is 16.7. The van der Waals surface area contributed by atoms with Gasteiger partial charge in [0.1, 0.15) is 40.0 Å². The Morgan fingerprint density at radius 2 is 2.00 bits per heavy atom. The smallest absolute Gasteiger partial charge is 0.144 e. The topological polar surface area (TPSA) is 85.9 Å². The van der Waals surface area contributed by atoms with Crippen molar-refractivity contribution in [2.24, 2.45) is 0 Å². The number of fused-ring (bicyclic) bond motifs is 2. The van der Waals surface area contributed by atoms with E-state index in [9.17, 15) is 5.26 Å². The van der Waals surface area contributed by atoms with Gasteiger partial charge in [0.15, 0.2) is 0 Å². The van der Waals surface area contributed by atoms with E-state index in [0.29, 0.717) is 47.6 Å². The van der Waals surface area contributed by atoms with Gasteiger partial charge in [0, 0.05) is 32.5 Å². The van der Waals surface area contributed by atoms with Crippen LogP contribution in [0.15, 0.2) is 48.7 Å². The van der Waals surface area contributed by atoms with Gasteiger partial charge >= 0.3 is 0 Å².